The standard InChI is InChI=1S/C19H22N2O5S/c1-3-15-6-7-17(21(22)23)12-19(15)27(24,25)20(16-8-9-16)13-14-4-10-18(26-2)11-5-14/h4-7,10-12,16H,3,8-9,13H2,1-2H3. The summed E-state index contributed by atoms with van der Waals surface area (Å²) in [5.74, 6) is 0.700. The SMILES string of the molecule is CCc1ccc([N+](=O)[O-])cc1S(=O)(=O)N(Cc1ccc(OC)cc1)C1CC1. The Labute approximate surface area is 158 Å². The molecule has 7 nitrogen and oxygen atoms in total. The average Bonchev–Trinajstić information content (AvgIpc) is 3.50. The minimum atomic E-state index is -3.85. The molecule has 27 heavy (non-hydrogen) atoms. The normalized spacial score (nSPS) is 14.3. The van der Waals surface area contributed by atoms with Gasteiger partial charge < -0.3 is 4.74 Å². The Morgan fingerprint density at radius 1 is 1.19 bits per heavy atom. The molecule has 0 radical (unpaired) electrons. The number of benzene rings is 2. The van der Waals surface area contributed by atoms with Crippen LogP contribution in [0, 0.1) is 10.1 Å². The summed E-state index contributed by atoms with van der Waals surface area (Å²) >= 11 is 0. The van der Waals surface area contributed by atoms with Crippen LogP contribution in [0.2, 0.25) is 0 Å². The number of nitrogens with zero attached hydrogens (tertiary/aromatic N) is 2. The summed E-state index contributed by atoms with van der Waals surface area (Å²) < 4.78 is 33.4. The van der Waals surface area contributed by atoms with Crippen molar-refractivity contribution < 1.29 is 18.1 Å². The van der Waals surface area contributed by atoms with E-state index in [0.717, 1.165) is 18.4 Å². The molecule has 0 unspecified atom stereocenters. The number of methoxy groups -OCH3 is 1. The molecule has 0 heterocycles. The highest BCUT2D eigenvalue weighted by Gasteiger charge is 2.39. The van der Waals surface area contributed by atoms with Crippen molar-refractivity contribution in [3.05, 3.63) is 63.7 Å². The molecule has 0 spiro atoms. The molecule has 144 valence electrons. The van der Waals surface area contributed by atoms with Gasteiger partial charge in [0.15, 0.2) is 0 Å². The molecule has 0 atom stereocenters. The first-order chi connectivity index (χ1) is 12.9. The minimum Gasteiger partial charge on any atom is -0.497 e. The zero-order chi connectivity index (χ0) is 19.6. The molecular formula is C19H22N2O5S. The van der Waals surface area contributed by atoms with E-state index in [-0.39, 0.29) is 23.2 Å². The van der Waals surface area contributed by atoms with Gasteiger partial charge in [-0.05, 0) is 42.5 Å². The number of nitro groups is 1. The van der Waals surface area contributed by atoms with Crippen LogP contribution in [0.15, 0.2) is 47.4 Å². The summed E-state index contributed by atoms with van der Waals surface area (Å²) in [5.41, 5.74) is 1.21. The Kier molecular flexibility index (Phi) is 5.48. The van der Waals surface area contributed by atoms with Gasteiger partial charge in [0.25, 0.3) is 5.69 Å². The lowest BCUT2D eigenvalue weighted by Gasteiger charge is -2.23. The van der Waals surface area contributed by atoms with Crippen molar-refractivity contribution in [3.8, 4) is 5.75 Å². The lowest BCUT2D eigenvalue weighted by Crippen LogP contribution is -2.33. The first-order valence-electron chi connectivity index (χ1n) is 8.79. The highest BCUT2D eigenvalue weighted by atomic mass is 32.2. The fraction of sp³-hybridized carbons (Fsp3) is 0.368. The van der Waals surface area contributed by atoms with E-state index in [0.29, 0.717) is 17.7 Å². The number of hydrogen-bond acceptors (Lipinski definition) is 5. The summed E-state index contributed by atoms with van der Waals surface area (Å²) in [6.07, 6.45) is 2.07. The van der Waals surface area contributed by atoms with E-state index >= 15 is 0 Å². The monoisotopic (exact) mass is 390 g/mol. The van der Waals surface area contributed by atoms with E-state index in [1.165, 1.54) is 22.5 Å². The predicted molar refractivity (Wildman–Crippen MR) is 101 cm³/mol. The summed E-state index contributed by atoms with van der Waals surface area (Å²) in [6.45, 7) is 2.06. The fourth-order valence-corrected chi connectivity index (χ4v) is 4.99. The summed E-state index contributed by atoms with van der Waals surface area (Å²) in [4.78, 5) is 10.6. The predicted octanol–water partition coefficient (Wildman–Crippen LogP) is 3.52. The molecule has 1 aliphatic carbocycles. The molecule has 3 rings (SSSR count). The van der Waals surface area contributed by atoms with Crippen LogP contribution < -0.4 is 4.74 Å². The van der Waals surface area contributed by atoms with E-state index in [1.807, 2.05) is 19.1 Å². The molecule has 1 fully saturated rings. The second-order valence-corrected chi connectivity index (χ2v) is 8.39. The third-order valence-corrected chi connectivity index (χ3v) is 6.66. The number of hydrogen-bond donors (Lipinski definition) is 0. The number of nitro benzene ring substituents is 1. The van der Waals surface area contributed by atoms with Crippen molar-refractivity contribution in [2.45, 2.75) is 43.7 Å². The quantitative estimate of drug-likeness (QED) is 0.508. The maximum absolute atomic E-state index is 13.4. The van der Waals surface area contributed by atoms with Gasteiger partial charge in [-0.15, -0.1) is 0 Å². The Morgan fingerprint density at radius 3 is 2.37 bits per heavy atom. The van der Waals surface area contributed by atoms with Crippen molar-refractivity contribution >= 4 is 15.7 Å². The zero-order valence-corrected chi connectivity index (χ0v) is 16.1. The average molecular weight is 390 g/mol. The lowest BCUT2D eigenvalue weighted by atomic mass is 10.1. The number of ether oxygens (including phenoxy) is 1. The molecule has 0 bridgehead atoms. The van der Waals surface area contributed by atoms with Crippen LogP contribution in [0.4, 0.5) is 5.69 Å². The molecule has 0 saturated heterocycles. The Bertz CT molecular complexity index is 937. The Morgan fingerprint density at radius 2 is 1.85 bits per heavy atom. The van der Waals surface area contributed by atoms with Gasteiger partial charge in [-0.1, -0.05) is 25.1 Å². The van der Waals surface area contributed by atoms with Crippen LogP contribution in [0.5, 0.6) is 5.75 Å². The molecule has 2 aromatic rings. The van der Waals surface area contributed by atoms with Crippen molar-refractivity contribution in [3.63, 3.8) is 0 Å². The molecular weight excluding hydrogens is 368 g/mol. The maximum atomic E-state index is 13.4. The van der Waals surface area contributed by atoms with Gasteiger partial charge in [0.2, 0.25) is 10.0 Å². The fourth-order valence-electron chi connectivity index (χ4n) is 3.00. The second-order valence-electron chi connectivity index (χ2n) is 6.53. The highest BCUT2D eigenvalue weighted by molar-refractivity contribution is 7.89. The van der Waals surface area contributed by atoms with E-state index in [1.54, 1.807) is 19.2 Å². The highest BCUT2D eigenvalue weighted by Crippen LogP contribution is 2.35. The molecule has 0 amide bonds. The third kappa shape index (κ3) is 4.12. The maximum Gasteiger partial charge on any atom is 0.270 e. The van der Waals surface area contributed by atoms with E-state index in [9.17, 15) is 18.5 Å². The van der Waals surface area contributed by atoms with Crippen LogP contribution in [0.1, 0.15) is 30.9 Å². The molecule has 1 aliphatic rings. The number of aryl methyl sites for hydroxylation is 1. The molecule has 1 saturated carbocycles. The van der Waals surface area contributed by atoms with Crippen LogP contribution in [0.3, 0.4) is 0 Å². The Hall–Kier alpha value is -2.45. The summed E-state index contributed by atoms with van der Waals surface area (Å²) in [7, 11) is -2.28. The first-order valence-corrected chi connectivity index (χ1v) is 10.2. The topological polar surface area (TPSA) is 89.8 Å². The molecule has 0 aliphatic heterocycles. The summed E-state index contributed by atoms with van der Waals surface area (Å²) in [6, 6.07) is 11.2. The third-order valence-electron chi connectivity index (χ3n) is 4.68. The van der Waals surface area contributed by atoms with E-state index < -0.39 is 14.9 Å². The van der Waals surface area contributed by atoms with Gasteiger partial charge in [0.1, 0.15) is 5.75 Å². The smallest absolute Gasteiger partial charge is 0.270 e. The number of sulfonamides is 1. The minimum absolute atomic E-state index is 0.0274. The van der Waals surface area contributed by atoms with Gasteiger partial charge in [0.05, 0.1) is 16.9 Å². The van der Waals surface area contributed by atoms with Crippen LogP contribution >= 0.6 is 0 Å². The van der Waals surface area contributed by atoms with Crippen molar-refractivity contribution in [2.24, 2.45) is 0 Å². The van der Waals surface area contributed by atoms with Crippen molar-refractivity contribution in [2.75, 3.05) is 7.11 Å². The van der Waals surface area contributed by atoms with Gasteiger partial charge in [-0.2, -0.15) is 4.31 Å². The van der Waals surface area contributed by atoms with Crippen molar-refractivity contribution in [1.29, 1.82) is 0 Å². The lowest BCUT2D eigenvalue weighted by molar-refractivity contribution is -0.385. The van der Waals surface area contributed by atoms with Crippen LogP contribution in [0.25, 0.3) is 0 Å². The Balaban J connectivity index is 1.99. The van der Waals surface area contributed by atoms with E-state index in [4.69, 9.17) is 4.74 Å². The van der Waals surface area contributed by atoms with E-state index in [2.05, 4.69) is 0 Å². The largest absolute Gasteiger partial charge is 0.497 e. The van der Waals surface area contributed by atoms with Crippen LogP contribution in [-0.4, -0.2) is 30.8 Å². The number of rotatable bonds is 8. The van der Waals surface area contributed by atoms with Gasteiger partial charge in [-0.25, -0.2) is 8.42 Å². The molecule has 8 heteroatoms. The van der Waals surface area contributed by atoms with Gasteiger partial charge in [-0.3, -0.25) is 10.1 Å². The number of non-ortho nitro benzene ring substituents is 1. The molecule has 0 N–H and O–H groups in total. The molecule has 0 aromatic heterocycles. The van der Waals surface area contributed by atoms with Gasteiger partial charge in [0, 0.05) is 24.7 Å². The molecule has 2 aromatic carbocycles. The summed E-state index contributed by atoms with van der Waals surface area (Å²) in [5, 5.41) is 11.1. The van der Waals surface area contributed by atoms with Gasteiger partial charge >= 0.3 is 0 Å². The van der Waals surface area contributed by atoms with Crippen LogP contribution in [-0.2, 0) is 23.0 Å². The van der Waals surface area contributed by atoms with Crippen molar-refractivity contribution in [1.82, 2.24) is 4.31 Å². The zero-order valence-electron chi connectivity index (χ0n) is 15.3. The second kappa shape index (κ2) is 7.66. The first kappa shape index (κ1) is 19.3.